The lowest BCUT2D eigenvalue weighted by atomic mass is 10.0. The maximum atomic E-state index is 6.46. The minimum Gasteiger partial charge on any atom is -0.493 e. The van der Waals surface area contributed by atoms with Crippen molar-refractivity contribution in [3.05, 3.63) is 57.6 Å². The average molecular weight is 346 g/mol. The summed E-state index contributed by atoms with van der Waals surface area (Å²) in [5.41, 5.74) is 1.94. The Morgan fingerprint density at radius 2 is 1.52 bits per heavy atom. The van der Waals surface area contributed by atoms with E-state index in [1.807, 2.05) is 30.3 Å². The molecule has 0 aliphatic heterocycles. The molecule has 0 fully saturated rings. The third-order valence-corrected chi connectivity index (χ3v) is 3.95. The molecule has 21 heavy (non-hydrogen) atoms. The molecule has 2 nitrogen and oxygen atoms in total. The van der Waals surface area contributed by atoms with Crippen LogP contribution in [0.2, 0.25) is 10.0 Å². The predicted molar refractivity (Wildman–Crippen MR) is 88.3 cm³/mol. The summed E-state index contributed by atoms with van der Waals surface area (Å²) < 4.78 is 10.5. The van der Waals surface area contributed by atoms with Crippen LogP contribution < -0.4 is 9.47 Å². The topological polar surface area (TPSA) is 18.5 Å². The Bertz CT molecular complexity index is 609. The number of rotatable bonds is 5. The molecule has 2 aromatic carbocycles. The standard InChI is InChI=1S/C16H15Cl3O2/c1-20-15-4-3-10(6-16(15)21-2)5-14(19)11-7-12(17)9-13(18)8-11/h3-4,6-9,14H,5H2,1-2H3. The molecule has 0 spiro atoms. The van der Waals surface area contributed by atoms with Crippen molar-refractivity contribution in [1.82, 2.24) is 0 Å². The number of hydrogen-bond acceptors (Lipinski definition) is 2. The van der Waals surface area contributed by atoms with Crippen molar-refractivity contribution in [3.63, 3.8) is 0 Å². The molecule has 0 aliphatic rings. The van der Waals surface area contributed by atoms with Crippen LogP contribution in [0.5, 0.6) is 11.5 Å². The first-order valence-corrected chi connectivity index (χ1v) is 7.53. The molecule has 0 aliphatic carbocycles. The lowest BCUT2D eigenvalue weighted by Crippen LogP contribution is -1.98. The molecule has 0 amide bonds. The molecule has 5 heteroatoms. The third kappa shape index (κ3) is 4.19. The van der Waals surface area contributed by atoms with E-state index in [9.17, 15) is 0 Å². The monoisotopic (exact) mass is 344 g/mol. The van der Waals surface area contributed by atoms with Gasteiger partial charge in [0.15, 0.2) is 11.5 Å². The van der Waals surface area contributed by atoms with Crippen LogP contribution in [0.3, 0.4) is 0 Å². The molecule has 0 radical (unpaired) electrons. The Balaban J connectivity index is 2.20. The van der Waals surface area contributed by atoms with E-state index in [-0.39, 0.29) is 5.38 Å². The lowest BCUT2D eigenvalue weighted by molar-refractivity contribution is 0.354. The van der Waals surface area contributed by atoms with Gasteiger partial charge >= 0.3 is 0 Å². The Kier molecular flexibility index (Phi) is 5.63. The van der Waals surface area contributed by atoms with E-state index in [2.05, 4.69) is 0 Å². The van der Waals surface area contributed by atoms with Gasteiger partial charge in [0.2, 0.25) is 0 Å². The van der Waals surface area contributed by atoms with Gasteiger partial charge in [0.25, 0.3) is 0 Å². The SMILES string of the molecule is COc1ccc(CC(Cl)c2cc(Cl)cc(Cl)c2)cc1OC. The van der Waals surface area contributed by atoms with Crippen LogP contribution in [0.15, 0.2) is 36.4 Å². The van der Waals surface area contributed by atoms with Crippen molar-refractivity contribution in [2.45, 2.75) is 11.8 Å². The van der Waals surface area contributed by atoms with Gasteiger partial charge in [0.05, 0.1) is 19.6 Å². The molecule has 2 aromatic rings. The van der Waals surface area contributed by atoms with Crippen molar-refractivity contribution in [2.75, 3.05) is 14.2 Å². The van der Waals surface area contributed by atoms with Crippen LogP contribution >= 0.6 is 34.8 Å². The van der Waals surface area contributed by atoms with Crippen molar-refractivity contribution in [3.8, 4) is 11.5 Å². The van der Waals surface area contributed by atoms with Crippen molar-refractivity contribution in [2.24, 2.45) is 0 Å². The molecule has 0 aromatic heterocycles. The molecule has 0 N–H and O–H groups in total. The van der Waals surface area contributed by atoms with Crippen LogP contribution in [0.25, 0.3) is 0 Å². The van der Waals surface area contributed by atoms with E-state index < -0.39 is 0 Å². The predicted octanol–water partition coefficient (Wildman–Crippen LogP) is 5.53. The van der Waals surface area contributed by atoms with Crippen molar-refractivity contribution < 1.29 is 9.47 Å². The maximum absolute atomic E-state index is 6.46. The first kappa shape index (κ1) is 16.3. The summed E-state index contributed by atoms with van der Waals surface area (Å²) in [5.74, 6) is 1.38. The zero-order valence-corrected chi connectivity index (χ0v) is 14.0. The highest BCUT2D eigenvalue weighted by Gasteiger charge is 2.13. The molecule has 0 heterocycles. The quantitative estimate of drug-likeness (QED) is 0.663. The Hall–Kier alpha value is -1.09. The van der Waals surface area contributed by atoms with E-state index in [1.165, 1.54) is 0 Å². The second-order valence-electron chi connectivity index (χ2n) is 4.56. The summed E-state index contributed by atoms with van der Waals surface area (Å²) in [6.45, 7) is 0. The van der Waals surface area contributed by atoms with Crippen LogP contribution in [0.1, 0.15) is 16.5 Å². The van der Waals surface area contributed by atoms with Gasteiger partial charge in [-0.25, -0.2) is 0 Å². The van der Waals surface area contributed by atoms with Crippen LogP contribution in [-0.2, 0) is 6.42 Å². The van der Waals surface area contributed by atoms with E-state index in [0.717, 1.165) is 11.1 Å². The summed E-state index contributed by atoms with van der Waals surface area (Å²) >= 11 is 18.5. The first-order chi connectivity index (χ1) is 10.0. The summed E-state index contributed by atoms with van der Waals surface area (Å²) in [7, 11) is 3.21. The van der Waals surface area contributed by atoms with Gasteiger partial charge in [-0.1, -0.05) is 29.3 Å². The molecular weight excluding hydrogens is 331 g/mol. The van der Waals surface area contributed by atoms with Crippen LogP contribution in [0, 0.1) is 0 Å². The van der Waals surface area contributed by atoms with Crippen molar-refractivity contribution in [1.29, 1.82) is 0 Å². The van der Waals surface area contributed by atoms with Gasteiger partial charge in [0, 0.05) is 10.0 Å². The number of ether oxygens (including phenoxy) is 2. The van der Waals surface area contributed by atoms with Crippen LogP contribution in [0.4, 0.5) is 0 Å². The molecule has 0 saturated carbocycles. The fourth-order valence-corrected chi connectivity index (χ4v) is 2.94. The molecule has 2 rings (SSSR count). The lowest BCUT2D eigenvalue weighted by Gasteiger charge is -2.13. The second kappa shape index (κ2) is 7.26. The number of benzene rings is 2. The highest BCUT2D eigenvalue weighted by Crippen LogP contribution is 2.33. The summed E-state index contributed by atoms with van der Waals surface area (Å²) in [4.78, 5) is 0. The Labute approximate surface area is 139 Å². The van der Waals surface area contributed by atoms with Crippen molar-refractivity contribution >= 4 is 34.8 Å². The number of hydrogen-bond donors (Lipinski definition) is 0. The van der Waals surface area contributed by atoms with Gasteiger partial charge in [-0.05, 0) is 47.9 Å². The normalized spacial score (nSPS) is 12.0. The smallest absolute Gasteiger partial charge is 0.160 e. The highest BCUT2D eigenvalue weighted by atomic mass is 35.5. The third-order valence-electron chi connectivity index (χ3n) is 3.11. The van der Waals surface area contributed by atoms with Gasteiger partial charge in [-0.15, -0.1) is 11.6 Å². The molecule has 112 valence electrons. The maximum Gasteiger partial charge on any atom is 0.160 e. The minimum atomic E-state index is -0.223. The number of methoxy groups -OCH3 is 2. The average Bonchev–Trinajstić information content (AvgIpc) is 2.46. The summed E-state index contributed by atoms with van der Waals surface area (Å²) in [6, 6.07) is 11.1. The Morgan fingerprint density at radius 1 is 0.905 bits per heavy atom. The zero-order chi connectivity index (χ0) is 15.4. The van der Waals surface area contributed by atoms with E-state index in [4.69, 9.17) is 44.3 Å². The van der Waals surface area contributed by atoms with E-state index in [1.54, 1.807) is 20.3 Å². The van der Waals surface area contributed by atoms with Gasteiger partial charge in [-0.3, -0.25) is 0 Å². The minimum absolute atomic E-state index is 0.223. The molecule has 0 saturated heterocycles. The van der Waals surface area contributed by atoms with Gasteiger partial charge in [0.1, 0.15) is 0 Å². The molecular formula is C16H15Cl3O2. The molecule has 1 unspecified atom stereocenters. The number of alkyl halides is 1. The van der Waals surface area contributed by atoms with E-state index in [0.29, 0.717) is 28.0 Å². The highest BCUT2D eigenvalue weighted by molar-refractivity contribution is 6.35. The summed E-state index contributed by atoms with van der Waals surface area (Å²) in [5, 5.41) is 0.935. The molecule has 1 atom stereocenters. The van der Waals surface area contributed by atoms with Crippen LogP contribution in [-0.4, -0.2) is 14.2 Å². The van der Waals surface area contributed by atoms with Gasteiger partial charge < -0.3 is 9.47 Å². The van der Waals surface area contributed by atoms with E-state index >= 15 is 0 Å². The number of halogens is 3. The summed E-state index contributed by atoms with van der Waals surface area (Å²) in [6.07, 6.45) is 0.637. The zero-order valence-electron chi connectivity index (χ0n) is 11.7. The van der Waals surface area contributed by atoms with Gasteiger partial charge in [-0.2, -0.15) is 0 Å². The molecule has 0 bridgehead atoms. The largest absolute Gasteiger partial charge is 0.493 e. The second-order valence-corrected chi connectivity index (χ2v) is 5.96. The fraction of sp³-hybridized carbons (Fsp3) is 0.250. The first-order valence-electron chi connectivity index (χ1n) is 6.34. The Morgan fingerprint density at radius 3 is 2.10 bits per heavy atom. The fourth-order valence-electron chi connectivity index (χ4n) is 2.09.